The third-order valence-corrected chi connectivity index (χ3v) is 5.06. The van der Waals surface area contributed by atoms with Crippen molar-refractivity contribution in [3.05, 3.63) is 23.4 Å². The first kappa shape index (κ1) is 25.4. The number of amides is 4. The molecule has 1 heterocycles. The lowest BCUT2D eigenvalue weighted by atomic mass is 9.81. The number of carbonyl (C=O) groups is 4. The van der Waals surface area contributed by atoms with Gasteiger partial charge in [0.05, 0.1) is 11.1 Å². The van der Waals surface area contributed by atoms with E-state index in [0.29, 0.717) is 24.3 Å². The van der Waals surface area contributed by atoms with E-state index in [1.807, 2.05) is 0 Å². The molecule has 11 heteroatoms. The molecule has 4 amide bonds. The quantitative estimate of drug-likeness (QED) is 0.580. The van der Waals surface area contributed by atoms with Crippen LogP contribution in [0.15, 0.2) is 18.3 Å². The molecule has 1 saturated carbocycles. The van der Waals surface area contributed by atoms with Crippen molar-refractivity contribution in [1.29, 1.82) is 0 Å². The highest BCUT2D eigenvalue weighted by Crippen LogP contribution is 2.27. The standard InChI is InChI=1S/C21H30ClN5O5/c1-21(2,3)32-20(31)25-15-10-12(19(30)27(4)5)6-8-14(15)24-17(28)18(29)26-16-9-7-13(22)11-23-16/h7,9,11-12,14-15H,6,8,10H2,1-5H3,(H,24,28)(H,25,31)(H,23,26,29)/t12-,14-,15-/m1/s1. The molecule has 1 fully saturated rings. The van der Waals surface area contributed by atoms with Crippen molar-refractivity contribution in [1.82, 2.24) is 20.5 Å². The highest BCUT2D eigenvalue weighted by Gasteiger charge is 2.37. The van der Waals surface area contributed by atoms with E-state index < -0.39 is 35.6 Å². The predicted molar refractivity (Wildman–Crippen MR) is 119 cm³/mol. The molecule has 1 aliphatic carbocycles. The van der Waals surface area contributed by atoms with Gasteiger partial charge in [-0.2, -0.15) is 0 Å². The molecule has 176 valence electrons. The van der Waals surface area contributed by atoms with Gasteiger partial charge in [0.1, 0.15) is 11.4 Å². The first-order valence-electron chi connectivity index (χ1n) is 10.3. The topological polar surface area (TPSA) is 130 Å². The molecule has 0 bridgehead atoms. The average molecular weight is 468 g/mol. The molecule has 1 aromatic rings. The summed E-state index contributed by atoms with van der Waals surface area (Å²) in [6.07, 6.45) is 1.91. The van der Waals surface area contributed by atoms with Crippen LogP contribution in [0.4, 0.5) is 10.6 Å². The molecule has 3 atom stereocenters. The van der Waals surface area contributed by atoms with Crippen molar-refractivity contribution in [3.8, 4) is 0 Å². The van der Waals surface area contributed by atoms with Gasteiger partial charge in [0.15, 0.2) is 0 Å². The van der Waals surface area contributed by atoms with E-state index in [2.05, 4.69) is 20.9 Å². The van der Waals surface area contributed by atoms with Crippen LogP contribution in [0.5, 0.6) is 0 Å². The van der Waals surface area contributed by atoms with Crippen molar-refractivity contribution < 1.29 is 23.9 Å². The number of halogens is 1. The van der Waals surface area contributed by atoms with Crippen LogP contribution < -0.4 is 16.0 Å². The molecule has 10 nitrogen and oxygen atoms in total. The number of nitrogens with zero attached hydrogens (tertiary/aromatic N) is 2. The van der Waals surface area contributed by atoms with Crippen molar-refractivity contribution >= 4 is 41.2 Å². The smallest absolute Gasteiger partial charge is 0.407 e. The number of aromatic nitrogens is 1. The Hall–Kier alpha value is -2.88. The molecule has 0 aromatic carbocycles. The van der Waals surface area contributed by atoms with Gasteiger partial charge in [0.25, 0.3) is 0 Å². The fourth-order valence-electron chi connectivity index (χ4n) is 3.41. The molecule has 1 aliphatic rings. The van der Waals surface area contributed by atoms with E-state index in [1.54, 1.807) is 34.9 Å². The van der Waals surface area contributed by atoms with Crippen LogP contribution in [-0.4, -0.2) is 65.5 Å². The van der Waals surface area contributed by atoms with E-state index >= 15 is 0 Å². The lowest BCUT2D eigenvalue weighted by molar-refractivity contribution is -0.137. The van der Waals surface area contributed by atoms with Crippen LogP contribution in [0.1, 0.15) is 40.0 Å². The molecule has 0 radical (unpaired) electrons. The van der Waals surface area contributed by atoms with Crippen LogP contribution in [0.25, 0.3) is 0 Å². The Morgan fingerprint density at radius 2 is 1.75 bits per heavy atom. The first-order valence-corrected chi connectivity index (χ1v) is 10.7. The van der Waals surface area contributed by atoms with Crippen molar-refractivity contribution in [2.45, 2.75) is 57.7 Å². The minimum Gasteiger partial charge on any atom is -0.444 e. The first-order chi connectivity index (χ1) is 14.9. The van der Waals surface area contributed by atoms with Gasteiger partial charge in [-0.15, -0.1) is 0 Å². The maximum atomic E-state index is 12.5. The van der Waals surface area contributed by atoms with Gasteiger partial charge in [-0.1, -0.05) is 11.6 Å². The number of ether oxygens (including phenoxy) is 1. The second-order valence-electron chi connectivity index (χ2n) is 8.89. The summed E-state index contributed by atoms with van der Waals surface area (Å²) in [4.78, 5) is 54.9. The van der Waals surface area contributed by atoms with E-state index in [1.165, 1.54) is 23.2 Å². The summed E-state index contributed by atoms with van der Waals surface area (Å²) in [5.74, 6) is -1.97. The summed E-state index contributed by atoms with van der Waals surface area (Å²) in [6.45, 7) is 5.21. The minimum absolute atomic E-state index is 0.0580. The van der Waals surface area contributed by atoms with Gasteiger partial charge >= 0.3 is 17.9 Å². The van der Waals surface area contributed by atoms with E-state index in [0.717, 1.165) is 0 Å². The normalized spacial score (nSPS) is 20.6. The van der Waals surface area contributed by atoms with Gasteiger partial charge in [-0.05, 0) is 52.2 Å². The Balaban J connectivity index is 2.07. The summed E-state index contributed by atoms with van der Waals surface area (Å²) in [7, 11) is 3.34. The number of carbonyl (C=O) groups excluding carboxylic acids is 4. The number of hydrogen-bond acceptors (Lipinski definition) is 6. The Kier molecular flexibility index (Phi) is 8.43. The fourth-order valence-corrected chi connectivity index (χ4v) is 3.52. The Morgan fingerprint density at radius 1 is 1.06 bits per heavy atom. The summed E-state index contributed by atoms with van der Waals surface area (Å²) < 4.78 is 5.32. The van der Waals surface area contributed by atoms with Crippen molar-refractivity contribution in [3.63, 3.8) is 0 Å². The Morgan fingerprint density at radius 3 is 2.31 bits per heavy atom. The van der Waals surface area contributed by atoms with Crippen LogP contribution in [-0.2, 0) is 19.1 Å². The summed E-state index contributed by atoms with van der Waals surface area (Å²) in [5, 5.41) is 8.19. The average Bonchev–Trinajstić information content (AvgIpc) is 2.68. The van der Waals surface area contributed by atoms with Crippen LogP contribution >= 0.6 is 11.6 Å². The Labute approximate surface area is 192 Å². The highest BCUT2D eigenvalue weighted by atomic mass is 35.5. The van der Waals surface area contributed by atoms with Gasteiger partial charge in [0, 0.05) is 32.3 Å². The molecule has 3 N–H and O–H groups in total. The number of pyridine rings is 1. The molecule has 0 unspecified atom stereocenters. The predicted octanol–water partition coefficient (Wildman–Crippen LogP) is 1.94. The lowest BCUT2D eigenvalue weighted by Gasteiger charge is -2.37. The number of nitrogens with one attached hydrogen (secondary N) is 3. The van der Waals surface area contributed by atoms with Gasteiger partial charge in [-0.3, -0.25) is 14.4 Å². The Bertz CT molecular complexity index is 853. The zero-order chi connectivity index (χ0) is 24.1. The zero-order valence-corrected chi connectivity index (χ0v) is 19.7. The summed E-state index contributed by atoms with van der Waals surface area (Å²) >= 11 is 5.76. The molecule has 32 heavy (non-hydrogen) atoms. The highest BCUT2D eigenvalue weighted by molar-refractivity contribution is 6.39. The lowest BCUT2D eigenvalue weighted by Crippen LogP contribution is -2.57. The summed E-state index contributed by atoms with van der Waals surface area (Å²) in [6, 6.07) is 1.87. The second-order valence-corrected chi connectivity index (χ2v) is 9.33. The maximum absolute atomic E-state index is 12.5. The van der Waals surface area contributed by atoms with Gasteiger partial charge < -0.3 is 25.6 Å². The third-order valence-electron chi connectivity index (χ3n) is 4.83. The molecule has 2 rings (SSSR count). The molecule has 1 aromatic heterocycles. The molecule has 0 saturated heterocycles. The van der Waals surface area contributed by atoms with Gasteiger partial charge in [-0.25, -0.2) is 9.78 Å². The van der Waals surface area contributed by atoms with Crippen molar-refractivity contribution in [2.24, 2.45) is 5.92 Å². The number of anilines is 1. The van der Waals surface area contributed by atoms with E-state index in [9.17, 15) is 19.2 Å². The molecule has 0 spiro atoms. The monoisotopic (exact) mass is 467 g/mol. The molecule has 0 aliphatic heterocycles. The maximum Gasteiger partial charge on any atom is 0.407 e. The SMILES string of the molecule is CN(C)C(=O)[C@@H]1CC[C@@H](NC(=O)C(=O)Nc2ccc(Cl)cn2)[C@H](NC(=O)OC(C)(C)C)C1. The van der Waals surface area contributed by atoms with Crippen molar-refractivity contribution in [2.75, 3.05) is 19.4 Å². The van der Waals surface area contributed by atoms with Crippen LogP contribution in [0.3, 0.4) is 0 Å². The van der Waals surface area contributed by atoms with Gasteiger partial charge in [0.2, 0.25) is 5.91 Å². The largest absolute Gasteiger partial charge is 0.444 e. The van der Waals surface area contributed by atoms with Crippen LogP contribution in [0, 0.1) is 5.92 Å². The zero-order valence-electron chi connectivity index (χ0n) is 18.9. The van der Waals surface area contributed by atoms with E-state index in [-0.39, 0.29) is 17.6 Å². The molecular weight excluding hydrogens is 438 g/mol. The number of rotatable bonds is 4. The minimum atomic E-state index is -0.901. The summed E-state index contributed by atoms with van der Waals surface area (Å²) in [5.41, 5.74) is -0.707. The fraction of sp³-hybridized carbons (Fsp3) is 0.571. The van der Waals surface area contributed by atoms with Crippen LogP contribution in [0.2, 0.25) is 5.02 Å². The number of alkyl carbamates (subject to hydrolysis) is 1. The third kappa shape index (κ3) is 7.67. The molecular formula is C21H30ClN5O5. The van der Waals surface area contributed by atoms with E-state index in [4.69, 9.17) is 16.3 Å². The number of hydrogen-bond donors (Lipinski definition) is 3. The second kappa shape index (κ2) is 10.6.